The fourth-order valence-corrected chi connectivity index (χ4v) is 0.628. The van der Waals surface area contributed by atoms with Gasteiger partial charge < -0.3 is 10.5 Å². The molecule has 0 bridgehead atoms. The highest BCUT2D eigenvalue weighted by Gasteiger charge is 2.06. The fraction of sp³-hybridized carbons (Fsp3) is 0.333. The lowest BCUT2D eigenvalue weighted by molar-refractivity contribution is -0.385. The number of ether oxygens (including phenoxy) is 1. The van der Waals surface area contributed by atoms with Gasteiger partial charge in [0.1, 0.15) is 19.0 Å². The Labute approximate surface area is 73.7 Å². The van der Waals surface area contributed by atoms with Crippen LogP contribution in [0.25, 0.3) is 0 Å². The van der Waals surface area contributed by atoms with Crippen molar-refractivity contribution in [1.29, 1.82) is 0 Å². The van der Waals surface area contributed by atoms with Crippen molar-refractivity contribution in [3.05, 3.63) is 22.5 Å². The minimum absolute atomic E-state index is 0.0936. The molecule has 0 saturated carbocycles. The molecule has 0 radical (unpaired) electrons. The molecule has 0 aliphatic rings. The summed E-state index contributed by atoms with van der Waals surface area (Å²) in [6.45, 7) is 0.637. The largest absolute Gasteiger partial charge is 0.462 e. The molecule has 7 nitrogen and oxygen atoms in total. The molecule has 0 spiro atoms. The number of hydrogen-bond donors (Lipinski definition) is 1. The highest BCUT2D eigenvalue weighted by molar-refractivity contribution is 5.21. The van der Waals surface area contributed by atoms with Gasteiger partial charge in [-0.05, 0) is 0 Å². The van der Waals surface area contributed by atoms with Crippen LogP contribution in [0.15, 0.2) is 12.4 Å². The first-order chi connectivity index (χ1) is 6.24. The van der Waals surface area contributed by atoms with E-state index in [2.05, 4.69) is 9.97 Å². The first-order valence-electron chi connectivity index (χ1n) is 3.53. The van der Waals surface area contributed by atoms with Crippen LogP contribution in [0.5, 0.6) is 6.01 Å². The molecule has 70 valence electrons. The Balaban J connectivity index is 2.64. The van der Waals surface area contributed by atoms with Gasteiger partial charge in [-0.1, -0.05) is 0 Å². The van der Waals surface area contributed by atoms with Crippen molar-refractivity contribution < 1.29 is 9.66 Å². The zero-order chi connectivity index (χ0) is 9.68. The number of aromatic nitrogens is 2. The fourth-order valence-electron chi connectivity index (χ4n) is 0.628. The normalized spacial score (nSPS) is 9.62. The van der Waals surface area contributed by atoms with E-state index in [1.165, 1.54) is 0 Å². The summed E-state index contributed by atoms with van der Waals surface area (Å²) in [4.78, 5) is 16.8. The molecule has 1 rings (SSSR count). The van der Waals surface area contributed by atoms with Crippen LogP contribution in [-0.4, -0.2) is 28.0 Å². The molecule has 0 unspecified atom stereocenters. The molecule has 0 amide bonds. The number of rotatable bonds is 4. The van der Waals surface area contributed by atoms with Gasteiger partial charge in [-0.3, -0.25) is 10.1 Å². The maximum Gasteiger partial charge on any atom is 0.316 e. The van der Waals surface area contributed by atoms with E-state index in [4.69, 9.17) is 10.5 Å². The van der Waals surface area contributed by atoms with Crippen LogP contribution < -0.4 is 10.5 Å². The second-order valence-electron chi connectivity index (χ2n) is 2.12. The van der Waals surface area contributed by atoms with E-state index in [0.717, 1.165) is 12.4 Å². The van der Waals surface area contributed by atoms with E-state index in [0.29, 0.717) is 6.54 Å². The maximum absolute atomic E-state index is 10.2. The first kappa shape index (κ1) is 9.33. The predicted octanol–water partition coefficient (Wildman–Crippen LogP) is -0.278. The Morgan fingerprint density at radius 1 is 1.54 bits per heavy atom. The Morgan fingerprint density at radius 2 is 2.15 bits per heavy atom. The molecule has 0 atom stereocenters. The Hall–Kier alpha value is -1.76. The summed E-state index contributed by atoms with van der Waals surface area (Å²) >= 11 is 0. The molecule has 0 saturated heterocycles. The van der Waals surface area contributed by atoms with Gasteiger partial charge in [-0.15, -0.1) is 0 Å². The second kappa shape index (κ2) is 4.31. The van der Waals surface area contributed by atoms with Gasteiger partial charge in [-0.25, -0.2) is 0 Å². The van der Waals surface area contributed by atoms with E-state index in [1.807, 2.05) is 0 Å². The van der Waals surface area contributed by atoms with Gasteiger partial charge in [0.05, 0.1) is 4.92 Å². The Bertz CT molecular complexity index is 286. The Morgan fingerprint density at radius 3 is 2.62 bits per heavy atom. The number of nitrogens with two attached hydrogens (primary N) is 1. The third kappa shape index (κ3) is 2.64. The lowest BCUT2D eigenvalue weighted by Gasteiger charge is -1.99. The van der Waals surface area contributed by atoms with Crippen LogP contribution in [-0.2, 0) is 0 Å². The summed E-state index contributed by atoms with van der Waals surface area (Å²) in [6.07, 6.45) is 2.16. The topological polar surface area (TPSA) is 104 Å². The van der Waals surface area contributed by atoms with E-state index < -0.39 is 4.92 Å². The third-order valence-corrected chi connectivity index (χ3v) is 1.17. The molecule has 2 N–H and O–H groups in total. The molecular weight excluding hydrogens is 176 g/mol. The Kier molecular flexibility index (Phi) is 3.09. The summed E-state index contributed by atoms with van der Waals surface area (Å²) in [5.41, 5.74) is 5.00. The summed E-state index contributed by atoms with van der Waals surface area (Å²) in [7, 11) is 0. The van der Waals surface area contributed by atoms with Gasteiger partial charge in [-0.2, -0.15) is 9.97 Å². The number of hydrogen-bond acceptors (Lipinski definition) is 6. The average molecular weight is 184 g/mol. The van der Waals surface area contributed by atoms with Crippen LogP contribution >= 0.6 is 0 Å². The average Bonchev–Trinajstić information content (AvgIpc) is 2.15. The summed E-state index contributed by atoms with van der Waals surface area (Å²) < 4.78 is 4.92. The third-order valence-electron chi connectivity index (χ3n) is 1.17. The zero-order valence-electron chi connectivity index (χ0n) is 6.71. The van der Waals surface area contributed by atoms with Gasteiger partial charge in [0, 0.05) is 6.54 Å². The SMILES string of the molecule is NCCOc1ncc([N+](=O)[O-])cn1. The molecule has 0 aliphatic carbocycles. The van der Waals surface area contributed by atoms with Crippen LogP contribution in [0.2, 0.25) is 0 Å². The zero-order valence-corrected chi connectivity index (χ0v) is 6.71. The van der Waals surface area contributed by atoms with Crippen molar-refractivity contribution in [3.8, 4) is 6.01 Å². The van der Waals surface area contributed by atoms with Crippen molar-refractivity contribution in [3.63, 3.8) is 0 Å². The maximum atomic E-state index is 10.2. The predicted molar refractivity (Wildman–Crippen MR) is 43.2 cm³/mol. The van der Waals surface area contributed by atoms with Crippen molar-refractivity contribution >= 4 is 5.69 Å². The lowest BCUT2D eigenvalue weighted by Crippen LogP contribution is -2.12. The first-order valence-corrected chi connectivity index (χ1v) is 3.53. The standard InChI is InChI=1S/C6H8N4O3/c7-1-2-13-6-8-3-5(4-9-6)10(11)12/h3-4H,1-2,7H2. The van der Waals surface area contributed by atoms with Crippen LogP contribution in [0.1, 0.15) is 0 Å². The summed E-state index contributed by atoms with van der Waals surface area (Å²) in [5, 5.41) is 10.2. The lowest BCUT2D eigenvalue weighted by atomic mass is 10.6. The molecule has 13 heavy (non-hydrogen) atoms. The monoisotopic (exact) mass is 184 g/mol. The van der Waals surface area contributed by atoms with E-state index in [1.54, 1.807) is 0 Å². The van der Waals surface area contributed by atoms with Crippen molar-refractivity contribution in [1.82, 2.24) is 9.97 Å². The minimum atomic E-state index is -0.577. The van der Waals surface area contributed by atoms with Gasteiger partial charge in [0.2, 0.25) is 0 Å². The van der Waals surface area contributed by atoms with Crippen molar-refractivity contribution in [2.24, 2.45) is 5.73 Å². The highest BCUT2D eigenvalue weighted by Crippen LogP contribution is 2.08. The minimum Gasteiger partial charge on any atom is -0.462 e. The second-order valence-corrected chi connectivity index (χ2v) is 2.12. The smallest absolute Gasteiger partial charge is 0.316 e. The number of nitro groups is 1. The molecular formula is C6H8N4O3. The van der Waals surface area contributed by atoms with Crippen LogP contribution in [0.3, 0.4) is 0 Å². The molecule has 0 aromatic carbocycles. The van der Waals surface area contributed by atoms with Gasteiger partial charge in [0.15, 0.2) is 0 Å². The molecule has 0 aliphatic heterocycles. The van der Waals surface area contributed by atoms with Crippen LogP contribution in [0, 0.1) is 10.1 Å². The summed E-state index contributed by atoms with van der Waals surface area (Å²) in [5.74, 6) is 0. The molecule has 1 aromatic rings. The molecule has 1 aromatic heterocycles. The molecule has 7 heteroatoms. The van der Waals surface area contributed by atoms with E-state index in [9.17, 15) is 10.1 Å². The van der Waals surface area contributed by atoms with Crippen molar-refractivity contribution in [2.45, 2.75) is 0 Å². The summed E-state index contributed by atoms with van der Waals surface area (Å²) in [6, 6.07) is 0.0936. The van der Waals surface area contributed by atoms with Gasteiger partial charge >= 0.3 is 11.7 Å². The van der Waals surface area contributed by atoms with Crippen LogP contribution in [0.4, 0.5) is 5.69 Å². The molecule has 0 fully saturated rings. The van der Waals surface area contributed by atoms with Gasteiger partial charge in [0.25, 0.3) is 0 Å². The highest BCUT2D eigenvalue weighted by atomic mass is 16.6. The van der Waals surface area contributed by atoms with E-state index in [-0.39, 0.29) is 18.3 Å². The quantitative estimate of drug-likeness (QED) is 0.509. The van der Waals surface area contributed by atoms with E-state index >= 15 is 0 Å². The number of nitrogens with zero attached hydrogens (tertiary/aromatic N) is 3. The van der Waals surface area contributed by atoms with Crippen molar-refractivity contribution in [2.75, 3.05) is 13.2 Å². The molecule has 1 heterocycles.